The maximum Gasteiger partial charge on any atom is 0.251 e. The summed E-state index contributed by atoms with van der Waals surface area (Å²) >= 11 is 0. The minimum absolute atomic E-state index is 0.103. The number of oxazole rings is 1. The lowest BCUT2D eigenvalue weighted by molar-refractivity contribution is 0.0946. The molecule has 0 atom stereocenters. The number of carbonyl (C=O) groups is 1. The second kappa shape index (κ2) is 7.97. The number of hydrogen-bond donors (Lipinski definition) is 1. The van der Waals surface area contributed by atoms with Crippen molar-refractivity contribution in [2.75, 3.05) is 13.7 Å². The van der Waals surface area contributed by atoms with Crippen LogP contribution in [0.4, 0.5) is 0 Å². The quantitative estimate of drug-likeness (QED) is 0.520. The molecule has 142 valence electrons. The first-order chi connectivity index (χ1) is 13.7. The van der Waals surface area contributed by atoms with Crippen molar-refractivity contribution in [1.29, 1.82) is 0 Å². The number of pyridine rings is 1. The van der Waals surface area contributed by atoms with E-state index in [0.29, 0.717) is 47.1 Å². The van der Waals surface area contributed by atoms with Crippen LogP contribution in [-0.4, -0.2) is 39.7 Å². The Kier molecular flexibility index (Phi) is 5.07. The molecular weight excluding hydrogens is 362 g/mol. The monoisotopic (exact) mass is 379 g/mol. The summed E-state index contributed by atoms with van der Waals surface area (Å²) in [4.78, 5) is 25.2. The fraction of sp³-hybridized carbons (Fsp3) is 0.211. The van der Waals surface area contributed by atoms with Gasteiger partial charge in [-0.25, -0.2) is 4.98 Å². The van der Waals surface area contributed by atoms with E-state index in [1.54, 1.807) is 43.6 Å². The maximum absolute atomic E-state index is 12.4. The normalized spacial score (nSPS) is 11.0. The number of methoxy groups -OCH3 is 1. The van der Waals surface area contributed by atoms with Crippen molar-refractivity contribution in [3.63, 3.8) is 0 Å². The highest BCUT2D eigenvalue weighted by atomic mass is 16.5. The minimum atomic E-state index is -0.283. The third-order valence-corrected chi connectivity index (χ3v) is 3.98. The van der Waals surface area contributed by atoms with Crippen LogP contribution in [0, 0.1) is 0 Å². The molecule has 0 spiro atoms. The van der Waals surface area contributed by atoms with Crippen LogP contribution >= 0.6 is 0 Å². The Hall–Kier alpha value is -3.59. The number of fused-ring (bicyclic) bond motifs is 1. The van der Waals surface area contributed by atoms with Crippen LogP contribution in [0.3, 0.4) is 0 Å². The number of nitrogens with one attached hydrogen (secondary N) is 1. The van der Waals surface area contributed by atoms with Crippen molar-refractivity contribution in [3.05, 3.63) is 59.9 Å². The summed E-state index contributed by atoms with van der Waals surface area (Å²) < 4.78 is 15.8. The summed E-state index contributed by atoms with van der Waals surface area (Å²) in [5.74, 6) is 0.949. The molecular formula is C19H17N5O4. The summed E-state index contributed by atoms with van der Waals surface area (Å²) in [6, 6.07) is 10.5. The van der Waals surface area contributed by atoms with Gasteiger partial charge in [0.25, 0.3) is 5.91 Å². The molecule has 0 radical (unpaired) electrons. The van der Waals surface area contributed by atoms with Gasteiger partial charge in [-0.2, -0.15) is 4.98 Å². The van der Waals surface area contributed by atoms with Gasteiger partial charge in [0, 0.05) is 25.3 Å². The van der Waals surface area contributed by atoms with Gasteiger partial charge in [0.05, 0.1) is 13.2 Å². The van der Waals surface area contributed by atoms with E-state index >= 15 is 0 Å². The lowest BCUT2D eigenvalue weighted by Gasteiger charge is -2.01. The zero-order chi connectivity index (χ0) is 19.3. The van der Waals surface area contributed by atoms with Crippen molar-refractivity contribution in [2.24, 2.45) is 0 Å². The van der Waals surface area contributed by atoms with Gasteiger partial charge in [0.2, 0.25) is 11.7 Å². The molecule has 4 aromatic rings. The van der Waals surface area contributed by atoms with Crippen molar-refractivity contribution < 1.29 is 18.5 Å². The van der Waals surface area contributed by atoms with E-state index in [1.165, 1.54) is 0 Å². The molecule has 4 rings (SSSR count). The first-order valence-corrected chi connectivity index (χ1v) is 8.63. The van der Waals surface area contributed by atoms with Crippen LogP contribution in [0.5, 0.6) is 0 Å². The van der Waals surface area contributed by atoms with Gasteiger partial charge in [-0.3, -0.25) is 9.78 Å². The fourth-order valence-corrected chi connectivity index (χ4v) is 2.59. The Balaban J connectivity index is 1.41. The van der Waals surface area contributed by atoms with E-state index in [2.05, 4.69) is 25.4 Å². The van der Waals surface area contributed by atoms with Gasteiger partial charge in [-0.15, -0.1) is 0 Å². The molecule has 1 amide bonds. The molecule has 0 bridgehead atoms. The minimum Gasteiger partial charge on any atom is -0.441 e. The van der Waals surface area contributed by atoms with E-state index in [4.69, 9.17) is 13.7 Å². The maximum atomic E-state index is 12.4. The van der Waals surface area contributed by atoms with Gasteiger partial charge in [-0.05, 0) is 30.3 Å². The highest BCUT2D eigenvalue weighted by Crippen LogP contribution is 2.18. The Morgan fingerprint density at radius 3 is 2.93 bits per heavy atom. The Morgan fingerprint density at radius 2 is 2.11 bits per heavy atom. The zero-order valence-electron chi connectivity index (χ0n) is 15.1. The molecule has 1 N–H and O–H groups in total. The average molecular weight is 379 g/mol. The zero-order valence-corrected chi connectivity index (χ0v) is 15.1. The van der Waals surface area contributed by atoms with Crippen LogP contribution in [0.1, 0.15) is 22.1 Å². The highest BCUT2D eigenvalue weighted by molar-refractivity contribution is 5.96. The number of ether oxygens (including phenoxy) is 1. The molecule has 3 heterocycles. The number of carbonyl (C=O) groups excluding carboxylic acids is 1. The van der Waals surface area contributed by atoms with Crippen molar-refractivity contribution in [2.45, 2.75) is 13.0 Å². The predicted octanol–water partition coefficient (Wildman–Crippen LogP) is 2.39. The topological polar surface area (TPSA) is 116 Å². The van der Waals surface area contributed by atoms with Gasteiger partial charge in [0.15, 0.2) is 11.5 Å². The van der Waals surface area contributed by atoms with Gasteiger partial charge in [0.1, 0.15) is 11.2 Å². The Labute approximate surface area is 159 Å². The summed E-state index contributed by atoms with van der Waals surface area (Å²) in [5.41, 5.74) is 2.30. The van der Waals surface area contributed by atoms with Crippen molar-refractivity contribution in [1.82, 2.24) is 25.4 Å². The Bertz CT molecular complexity index is 1090. The first kappa shape index (κ1) is 17.8. The number of nitrogens with zero attached hydrogens (tertiary/aromatic N) is 4. The van der Waals surface area contributed by atoms with Crippen molar-refractivity contribution >= 4 is 17.0 Å². The SMILES string of the molecule is COCCc1nc2ccc(C(=O)NCc3nc(-c4ccccn4)no3)cc2o1. The summed E-state index contributed by atoms with van der Waals surface area (Å²) in [5, 5.41) is 6.62. The van der Waals surface area contributed by atoms with E-state index in [-0.39, 0.29) is 18.3 Å². The highest BCUT2D eigenvalue weighted by Gasteiger charge is 2.13. The van der Waals surface area contributed by atoms with E-state index in [9.17, 15) is 4.79 Å². The van der Waals surface area contributed by atoms with Crippen LogP contribution in [0.2, 0.25) is 0 Å². The molecule has 0 aliphatic heterocycles. The standard InChI is InChI=1S/C19H17N5O4/c1-26-9-7-16-22-13-6-5-12(10-15(13)27-16)19(25)21-11-17-23-18(24-28-17)14-4-2-3-8-20-14/h2-6,8,10H,7,9,11H2,1H3,(H,21,25). The molecule has 0 unspecified atom stereocenters. The molecule has 28 heavy (non-hydrogen) atoms. The molecule has 3 aromatic heterocycles. The molecule has 9 nitrogen and oxygen atoms in total. The van der Waals surface area contributed by atoms with Crippen molar-refractivity contribution in [3.8, 4) is 11.5 Å². The predicted molar refractivity (Wildman–Crippen MR) is 98.3 cm³/mol. The summed E-state index contributed by atoms with van der Waals surface area (Å²) in [6.07, 6.45) is 2.22. The number of hydrogen-bond acceptors (Lipinski definition) is 8. The van der Waals surface area contributed by atoms with E-state index < -0.39 is 0 Å². The largest absolute Gasteiger partial charge is 0.441 e. The fourth-order valence-electron chi connectivity index (χ4n) is 2.59. The van der Waals surface area contributed by atoms with E-state index in [0.717, 1.165) is 0 Å². The average Bonchev–Trinajstić information content (AvgIpc) is 3.37. The molecule has 0 fully saturated rings. The van der Waals surface area contributed by atoms with Gasteiger partial charge < -0.3 is 19.0 Å². The lowest BCUT2D eigenvalue weighted by Crippen LogP contribution is -2.22. The van der Waals surface area contributed by atoms with Crippen LogP contribution in [0.15, 0.2) is 51.5 Å². The molecule has 0 aliphatic carbocycles. The van der Waals surface area contributed by atoms with Crippen LogP contribution in [-0.2, 0) is 17.7 Å². The third kappa shape index (κ3) is 3.89. The molecule has 9 heteroatoms. The molecule has 0 aliphatic rings. The smallest absolute Gasteiger partial charge is 0.251 e. The second-order valence-electron chi connectivity index (χ2n) is 5.94. The summed E-state index contributed by atoms with van der Waals surface area (Å²) in [6.45, 7) is 0.622. The van der Waals surface area contributed by atoms with Crippen LogP contribution in [0.25, 0.3) is 22.6 Å². The molecule has 1 aromatic carbocycles. The van der Waals surface area contributed by atoms with E-state index in [1.807, 2.05) is 6.07 Å². The number of amides is 1. The number of aromatic nitrogens is 4. The van der Waals surface area contributed by atoms with Gasteiger partial charge >= 0.3 is 0 Å². The second-order valence-corrected chi connectivity index (χ2v) is 5.94. The lowest BCUT2D eigenvalue weighted by atomic mass is 10.2. The Morgan fingerprint density at radius 1 is 1.18 bits per heavy atom. The molecule has 0 saturated heterocycles. The first-order valence-electron chi connectivity index (χ1n) is 8.63. The van der Waals surface area contributed by atoms with Gasteiger partial charge in [-0.1, -0.05) is 11.2 Å². The third-order valence-electron chi connectivity index (χ3n) is 3.98. The number of rotatable bonds is 7. The van der Waals surface area contributed by atoms with Crippen LogP contribution < -0.4 is 5.32 Å². The number of benzene rings is 1. The summed E-state index contributed by atoms with van der Waals surface area (Å²) in [7, 11) is 1.62. The molecule has 0 saturated carbocycles.